The number of nitrogens with one attached hydrogen (secondary N) is 2. The number of hydrogen-bond donors (Lipinski definition) is 3. The Morgan fingerprint density at radius 2 is 2.04 bits per heavy atom. The molecule has 0 fully saturated rings. The molecule has 0 bridgehead atoms. The first-order valence-electron chi connectivity index (χ1n) is 7.26. The van der Waals surface area contributed by atoms with E-state index < -0.39 is 34.6 Å². The smallest absolute Gasteiger partial charge is 0.277 e. The Morgan fingerprint density at radius 1 is 1.32 bits per heavy atom. The van der Waals surface area contributed by atoms with Crippen LogP contribution in [0.4, 0.5) is 24.7 Å². The zero-order valence-corrected chi connectivity index (χ0v) is 13.5. The first-order chi connectivity index (χ1) is 11.8. The molecule has 10 heteroatoms. The summed E-state index contributed by atoms with van der Waals surface area (Å²) in [4.78, 5) is 20.7. The monoisotopic (exact) mass is 353 g/mol. The molecule has 0 aliphatic carbocycles. The highest BCUT2D eigenvalue weighted by Crippen LogP contribution is 2.28. The van der Waals surface area contributed by atoms with Gasteiger partial charge in [-0.3, -0.25) is 9.63 Å². The Kier molecular flexibility index (Phi) is 5.99. The van der Waals surface area contributed by atoms with Gasteiger partial charge in [0.2, 0.25) is 0 Å². The third-order valence-corrected chi connectivity index (χ3v) is 3.22. The molecular weight excluding hydrogens is 338 g/mol. The van der Waals surface area contributed by atoms with Gasteiger partial charge in [-0.2, -0.15) is 0 Å². The summed E-state index contributed by atoms with van der Waals surface area (Å²) < 4.78 is 41.3. The second-order valence-corrected chi connectivity index (χ2v) is 5.22. The summed E-state index contributed by atoms with van der Waals surface area (Å²) in [5, 5.41) is 11.1. The van der Waals surface area contributed by atoms with Crippen molar-refractivity contribution in [2.75, 3.05) is 18.5 Å². The molecule has 1 amide bonds. The number of aryl methyl sites for hydroxylation is 1. The predicted octanol–water partition coefficient (Wildman–Crippen LogP) is 0.463. The number of hydroxylamine groups is 1. The quantitative estimate of drug-likeness (QED) is 0.304. The van der Waals surface area contributed by atoms with Gasteiger partial charge in [-0.25, -0.2) is 23.6 Å². The van der Waals surface area contributed by atoms with Crippen LogP contribution in [-0.2, 0) is 4.84 Å². The third-order valence-electron chi connectivity index (χ3n) is 3.22. The number of nitrogens with zero attached hydrogens (tertiary/aromatic N) is 1. The highest BCUT2D eigenvalue weighted by molar-refractivity contribution is 6.32. The Morgan fingerprint density at radius 3 is 2.68 bits per heavy atom. The number of anilines is 2. The fraction of sp³-hybridized carbons (Fsp3) is 0.200. The number of carbonyl (C=O) groups excluding carboxylic acids is 1. The molecule has 0 unspecified atom stereocenters. The van der Waals surface area contributed by atoms with E-state index in [0.29, 0.717) is 11.6 Å². The van der Waals surface area contributed by atoms with Crippen LogP contribution in [0, 0.1) is 24.4 Å². The molecule has 25 heavy (non-hydrogen) atoms. The van der Waals surface area contributed by atoms with Gasteiger partial charge in [-0.15, -0.1) is 0 Å². The Labute approximate surface area is 142 Å². The van der Waals surface area contributed by atoms with E-state index in [1.54, 1.807) is 20.8 Å². The normalized spacial score (nSPS) is 10.6. The molecule has 0 radical (unpaired) electrons. The van der Waals surface area contributed by atoms with Gasteiger partial charge in [0, 0.05) is 6.20 Å². The van der Waals surface area contributed by atoms with Gasteiger partial charge in [-0.05, 0) is 18.6 Å². The van der Waals surface area contributed by atoms with E-state index >= 15 is 0 Å². The average molecular weight is 353 g/mol. The molecule has 0 atom stereocenters. The van der Waals surface area contributed by atoms with E-state index in [4.69, 9.17) is 5.11 Å². The molecule has 132 valence electrons. The lowest BCUT2D eigenvalue weighted by molar-refractivity contribution is 0.0168. The van der Waals surface area contributed by atoms with Crippen LogP contribution in [0.25, 0.3) is 0 Å². The summed E-state index contributed by atoms with van der Waals surface area (Å²) in [5.74, 6) is -5.64. The summed E-state index contributed by atoms with van der Waals surface area (Å²) >= 11 is 0. The van der Waals surface area contributed by atoms with E-state index in [9.17, 15) is 18.0 Å². The Bertz CT molecular complexity index is 805. The van der Waals surface area contributed by atoms with Crippen molar-refractivity contribution in [3.05, 3.63) is 46.9 Å². The highest BCUT2D eigenvalue weighted by Gasteiger charge is 2.24. The molecule has 2 rings (SSSR count). The molecule has 3 N–H and O–H groups in total. The number of aromatic nitrogens is 1. The average Bonchev–Trinajstić information content (AvgIpc) is 2.57. The lowest BCUT2D eigenvalue weighted by atomic mass is 9.97. The molecule has 1 aromatic heterocycles. The number of amides is 1. The maximum absolute atomic E-state index is 14.2. The highest BCUT2D eigenvalue weighted by atomic mass is 19.2. The zero-order chi connectivity index (χ0) is 18.6. The van der Waals surface area contributed by atoms with Crippen molar-refractivity contribution < 1.29 is 27.9 Å². The van der Waals surface area contributed by atoms with E-state index in [2.05, 4.69) is 15.1 Å². The lowest BCUT2D eigenvalue weighted by Crippen LogP contribution is -2.26. The minimum atomic E-state index is -1.72. The van der Waals surface area contributed by atoms with Crippen LogP contribution < -0.4 is 16.3 Å². The molecule has 0 spiro atoms. The fourth-order valence-electron chi connectivity index (χ4n) is 2.08. The van der Waals surface area contributed by atoms with Crippen LogP contribution in [-0.4, -0.2) is 37.1 Å². The molecule has 1 aromatic carbocycles. The van der Waals surface area contributed by atoms with Crippen LogP contribution in [0.3, 0.4) is 0 Å². The summed E-state index contributed by atoms with van der Waals surface area (Å²) in [7, 11) is 1.80. The number of aliphatic hydroxyl groups excluding tert-OH is 1. The van der Waals surface area contributed by atoms with Crippen molar-refractivity contribution >= 4 is 30.7 Å². The number of aliphatic hydroxyl groups is 1. The summed E-state index contributed by atoms with van der Waals surface area (Å²) in [6.45, 7) is 1.09. The Hall–Kier alpha value is -2.59. The lowest BCUT2D eigenvalue weighted by Gasteiger charge is -2.15. The summed E-state index contributed by atoms with van der Waals surface area (Å²) in [5.41, 5.74) is 2.28. The minimum Gasteiger partial charge on any atom is -0.394 e. The molecule has 6 nitrogen and oxygen atoms in total. The van der Waals surface area contributed by atoms with Gasteiger partial charge in [0.05, 0.1) is 24.5 Å². The van der Waals surface area contributed by atoms with Crippen LogP contribution in [0.1, 0.15) is 15.9 Å². The number of hydrogen-bond acceptors (Lipinski definition) is 5. The second kappa shape index (κ2) is 7.99. The number of halogens is 3. The van der Waals surface area contributed by atoms with Gasteiger partial charge in [-0.1, -0.05) is 11.5 Å². The summed E-state index contributed by atoms with van der Waals surface area (Å²) in [6, 6.07) is 2.29. The molecule has 0 aliphatic heterocycles. The standard InChI is InChI=1S/C15H15BF3N3O3/c1-7-4-8(16)6-20-14(7)21-13-9(15(24)22-25-3-2-23)5-10(17)11(18)12(13)19/h4-6,23H,2-3,16H2,1H3,(H,20,21)(H,22,24). The SMILES string of the molecule is Bc1cnc(Nc2c(C(=O)NOCCO)cc(F)c(F)c2F)c(C)c1. The van der Waals surface area contributed by atoms with Crippen molar-refractivity contribution in [3.63, 3.8) is 0 Å². The number of carbonyl (C=O) groups is 1. The number of benzene rings is 1. The van der Waals surface area contributed by atoms with Crippen molar-refractivity contribution in [3.8, 4) is 0 Å². The first-order valence-corrected chi connectivity index (χ1v) is 7.26. The van der Waals surface area contributed by atoms with Gasteiger partial charge < -0.3 is 10.4 Å². The van der Waals surface area contributed by atoms with Crippen molar-refractivity contribution in [1.82, 2.24) is 10.5 Å². The largest absolute Gasteiger partial charge is 0.394 e. The first kappa shape index (κ1) is 18.7. The van der Waals surface area contributed by atoms with Gasteiger partial charge >= 0.3 is 0 Å². The number of pyridine rings is 1. The molecule has 0 saturated heterocycles. The second-order valence-electron chi connectivity index (χ2n) is 5.22. The fourth-order valence-corrected chi connectivity index (χ4v) is 2.08. The summed E-state index contributed by atoms with van der Waals surface area (Å²) in [6.07, 6.45) is 1.50. The zero-order valence-electron chi connectivity index (χ0n) is 13.5. The molecule has 1 heterocycles. The van der Waals surface area contributed by atoms with Gasteiger partial charge in [0.15, 0.2) is 17.5 Å². The van der Waals surface area contributed by atoms with Crippen molar-refractivity contribution in [1.29, 1.82) is 0 Å². The van der Waals surface area contributed by atoms with Crippen molar-refractivity contribution in [2.24, 2.45) is 0 Å². The van der Waals surface area contributed by atoms with Crippen LogP contribution >= 0.6 is 0 Å². The van der Waals surface area contributed by atoms with Gasteiger partial charge in [0.1, 0.15) is 13.7 Å². The molecular formula is C15H15BF3N3O3. The maximum atomic E-state index is 14.2. The number of rotatable bonds is 6. The Balaban J connectivity index is 2.44. The van der Waals surface area contributed by atoms with Crippen LogP contribution in [0.5, 0.6) is 0 Å². The third kappa shape index (κ3) is 4.28. The van der Waals surface area contributed by atoms with E-state index in [1.165, 1.54) is 6.20 Å². The van der Waals surface area contributed by atoms with Gasteiger partial charge in [0.25, 0.3) is 5.91 Å². The van der Waals surface area contributed by atoms with Crippen LogP contribution in [0.2, 0.25) is 0 Å². The minimum absolute atomic E-state index is 0.181. The van der Waals surface area contributed by atoms with E-state index in [0.717, 1.165) is 5.46 Å². The molecule has 2 aromatic rings. The van der Waals surface area contributed by atoms with Crippen LogP contribution in [0.15, 0.2) is 18.3 Å². The molecule has 0 aliphatic rings. The van der Waals surface area contributed by atoms with E-state index in [1.807, 2.05) is 5.48 Å². The van der Waals surface area contributed by atoms with Crippen molar-refractivity contribution in [2.45, 2.75) is 6.92 Å². The topological polar surface area (TPSA) is 83.5 Å². The maximum Gasteiger partial charge on any atom is 0.277 e. The van der Waals surface area contributed by atoms with E-state index in [-0.39, 0.29) is 19.0 Å². The predicted molar refractivity (Wildman–Crippen MR) is 87.3 cm³/mol. The molecule has 0 saturated carbocycles.